The van der Waals surface area contributed by atoms with Gasteiger partial charge in [-0.3, -0.25) is 4.79 Å². The lowest BCUT2D eigenvalue weighted by molar-refractivity contribution is 0.0424. The Labute approximate surface area is 194 Å². The van der Waals surface area contributed by atoms with Gasteiger partial charge < -0.3 is 29.9 Å². The first kappa shape index (κ1) is 24.6. The summed E-state index contributed by atoms with van der Waals surface area (Å²) >= 11 is 0. The van der Waals surface area contributed by atoms with E-state index in [1.165, 1.54) is 6.20 Å². The van der Waals surface area contributed by atoms with Gasteiger partial charge in [-0.25, -0.2) is 15.0 Å². The van der Waals surface area contributed by atoms with Crippen LogP contribution >= 0.6 is 0 Å². The second kappa shape index (κ2) is 12.3. The van der Waals surface area contributed by atoms with Crippen LogP contribution in [0.5, 0.6) is 0 Å². The molecule has 0 atom stereocenters. The van der Waals surface area contributed by atoms with Gasteiger partial charge >= 0.3 is 0 Å². The predicted molar refractivity (Wildman–Crippen MR) is 127 cm³/mol. The molecular formula is C22H34N8O3. The normalized spacial score (nSPS) is 13.9. The first-order valence-electron chi connectivity index (χ1n) is 11.4. The van der Waals surface area contributed by atoms with Gasteiger partial charge in [-0.05, 0) is 18.9 Å². The Hall–Kier alpha value is -3.05. The highest BCUT2D eigenvalue weighted by molar-refractivity contribution is 5.98. The van der Waals surface area contributed by atoms with Crippen LogP contribution in [0.4, 0.5) is 17.7 Å². The van der Waals surface area contributed by atoms with Crippen molar-refractivity contribution in [3.63, 3.8) is 0 Å². The number of carbonyl (C=O) groups excluding carboxylic acids is 1. The molecule has 1 aliphatic heterocycles. The third-order valence-electron chi connectivity index (χ3n) is 5.48. The topological polar surface area (TPSA) is 123 Å². The summed E-state index contributed by atoms with van der Waals surface area (Å²) in [5.74, 6) is 1.20. The second-order valence-electron chi connectivity index (χ2n) is 7.72. The van der Waals surface area contributed by atoms with E-state index < -0.39 is 0 Å². The predicted octanol–water partition coefficient (Wildman–Crippen LogP) is 0.863. The lowest BCUT2D eigenvalue weighted by atomic mass is 10.2. The van der Waals surface area contributed by atoms with Crippen LogP contribution in [0.15, 0.2) is 18.6 Å². The van der Waals surface area contributed by atoms with Crippen molar-refractivity contribution in [2.75, 3.05) is 81.7 Å². The fraction of sp³-hybridized carbons (Fsp3) is 0.591. The molecule has 0 aromatic carbocycles. The molecule has 3 heterocycles. The third-order valence-corrected chi connectivity index (χ3v) is 5.48. The Morgan fingerprint density at radius 1 is 0.970 bits per heavy atom. The number of likely N-dealkylation sites (N-methyl/N-ethyl adjacent to an activating group) is 1. The number of hydrogen-bond donors (Lipinski definition) is 1. The van der Waals surface area contributed by atoms with E-state index in [1.54, 1.807) is 11.9 Å². The quantitative estimate of drug-likeness (QED) is 0.485. The zero-order valence-electron chi connectivity index (χ0n) is 19.7. The molecule has 11 nitrogen and oxygen atoms in total. The summed E-state index contributed by atoms with van der Waals surface area (Å²) in [6, 6.07) is 0. The fourth-order valence-corrected chi connectivity index (χ4v) is 3.38. The fourth-order valence-electron chi connectivity index (χ4n) is 3.38. The van der Waals surface area contributed by atoms with Crippen molar-refractivity contribution in [3.05, 3.63) is 29.7 Å². The third kappa shape index (κ3) is 6.72. The minimum absolute atomic E-state index is 0.176. The van der Waals surface area contributed by atoms with E-state index in [9.17, 15) is 4.79 Å². The van der Waals surface area contributed by atoms with Crippen LogP contribution in [-0.2, 0) is 15.9 Å². The van der Waals surface area contributed by atoms with Gasteiger partial charge in [0.1, 0.15) is 11.4 Å². The number of aryl methyl sites for hydroxylation is 1. The van der Waals surface area contributed by atoms with Gasteiger partial charge in [0.25, 0.3) is 5.91 Å². The van der Waals surface area contributed by atoms with Crippen molar-refractivity contribution >= 4 is 23.6 Å². The molecule has 0 spiro atoms. The molecule has 33 heavy (non-hydrogen) atoms. The monoisotopic (exact) mass is 458 g/mol. The van der Waals surface area contributed by atoms with Crippen molar-refractivity contribution in [1.82, 2.24) is 24.8 Å². The van der Waals surface area contributed by atoms with Crippen LogP contribution in [0.2, 0.25) is 0 Å². The van der Waals surface area contributed by atoms with E-state index >= 15 is 0 Å². The Bertz CT molecular complexity index is 888. The molecule has 1 saturated heterocycles. The zero-order valence-corrected chi connectivity index (χ0v) is 19.7. The molecule has 2 N–H and O–H groups in total. The molecule has 11 heteroatoms. The van der Waals surface area contributed by atoms with Crippen LogP contribution < -0.4 is 15.5 Å². The number of amides is 1. The summed E-state index contributed by atoms with van der Waals surface area (Å²) in [5.41, 5.74) is 7.53. The minimum Gasteiger partial charge on any atom is -0.383 e. The number of anilines is 3. The molecule has 1 aliphatic rings. The molecule has 3 rings (SSSR count). The van der Waals surface area contributed by atoms with Gasteiger partial charge in [-0.2, -0.15) is 4.98 Å². The van der Waals surface area contributed by atoms with Crippen LogP contribution in [-0.4, -0.2) is 96.9 Å². The number of ether oxygens (including phenoxy) is 2. The molecule has 2 aromatic rings. The molecule has 0 bridgehead atoms. The number of nitrogens with zero attached hydrogens (tertiary/aromatic N) is 7. The highest BCUT2D eigenvalue weighted by atomic mass is 16.5. The van der Waals surface area contributed by atoms with Crippen LogP contribution in [0.1, 0.15) is 29.8 Å². The number of carbonyl (C=O) groups is 1. The Morgan fingerprint density at radius 3 is 2.18 bits per heavy atom. The first-order valence-corrected chi connectivity index (χ1v) is 11.4. The summed E-state index contributed by atoms with van der Waals surface area (Å²) in [6.07, 6.45) is 6.17. The van der Waals surface area contributed by atoms with Crippen LogP contribution in [0.25, 0.3) is 0 Å². The molecular weight excluding hydrogens is 424 g/mol. The lowest BCUT2D eigenvalue weighted by Crippen LogP contribution is -2.47. The maximum atomic E-state index is 12.7. The number of rotatable bonds is 11. The van der Waals surface area contributed by atoms with Gasteiger partial charge in [-0.15, -0.1) is 0 Å². The van der Waals surface area contributed by atoms with E-state index in [2.05, 4.69) is 36.7 Å². The lowest BCUT2D eigenvalue weighted by Gasteiger charge is -2.34. The van der Waals surface area contributed by atoms with E-state index in [0.29, 0.717) is 57.6 Å². The number of piperazine rings is 1. The Balaban J connectivity index is 1.51. The molecule has 1 fully saturated rings. The summed E-state index contributed by atoms with van der Waals surface area (Å²) in [5, 5.41) is 0. The van der Waals surface area contributed by atoms with Crippen molar-refractivity contribution in [3.8, 4) is 0 Å². The van der Waals surface area contributed by atoms with Crippen molar-refractivity contribution in [2.45, 2.75) is 20.3 Å². The molecule has 0 unspecified atom stereocenters. The molecule has 2 aromatic heterocycles. The molecule has 180 valence electrons. The summed E-state index contributed by atoms with van der Waals surface area (Å²) < 4.78 is 10.7. The van der Waals surface area contributed by atoms with E-state index in [-0.39, 0.29) is 11.7 Å². The average Bonchev–Trinajstić information content (AvgIpc) is 2.85. The van der Waals surface area contributed by atoms with Crippen LogP contribution in [0, 0.1) is 0 Å². The molecule has 0 radical (unpaired) electrons. The van der Waals surface area contributed by atoms with E-state index in [1.807, 2.05) is 19.3 Å². The number of nitrogen functional groups attached to an aromatic ring is 1. The van der Waals surface area contributed by atoms with Gasteiger partial charge in [0.2, 0.25) is 11.9 Å². The van der Waals surface area contributed by atoms with Crippen molar-refractivity contribution < 1.29 is 14.3 Å². The molecule has 0 aliphatic carbocycles. The summed E-state index contributed by atoms with van der Waals surface area (Å²) in [4.78, 5) is 36.2. The van der Waals surface area contributed by atoms with Gasteiger partial charge in [0, 0.05) is 65.0 Å². The van der Waals surface area contributed by atoms with Gasteiger partial charge in [0.15, 0.2) is 0 Å². The smallest absolute Gasteiger partial charge is 0.259 e. The number of nitrogens with two attached hydrogens (primary N) is 1. The molecule has 1 amide bonds. The maximum Gasteiger partial charge on any atom is 0.259 e. The first-order chi connectivity index (χ1) is 16.0. The molecule has 0 saturated carbocycles. The summed E-state index contributed by atoms with van der Waals surface area (Å²) in [6.45, 7) is 9.51. The average molecular weight is 459 g/mol. The van der Waals surface area contributed by atoms with Gasteiger partial charge in [0.05, 0.1) is 19.8 Å². The number of hydrogen-bond acceptors (Lipinski definition) is 10. The zero-order chi connectivity index (χ0) is 23.6. The minimum atomic E-state index is -0.232. The van der Waals surface area contributed by atoms with E-state index in [0.717, 1.165) is 31.0 Å². The highest BCUT2D eigenvalue weighted by Gasteiger charge is 2.23. The van der Waals surface area contributed by atoms with Crippen molar-refractivity contribution in [1.29, 1.82) is 0 Å². The Morgan fingerprint density at radius 2 is 1.58 bits per heavy atom. The largest absolute Gasteiger partial charge is 0.383 e. The second-order valence-corrected chi connectivity index (χ2v) is 7.72. The highest BCUT2D eigenvalue weighted by Crippen LogP contribution is 2.18. The Kier molecular flexibility index (Phi) is 9.14. The standard InChI is InChI=1S/C22H34N8O3/c1-4-17-14-24-21(25-15-17)29-6-8-30(9-7-29)22-26-16-18(19(23)27-22)20(31)28(3)10-11-33-13-12-32-5-2/h14-16H,4-13H2,1-3H3,(H2,23,26,27). The summed E-state index contributed by atoms with van der Waals surface area (Å²) in [7, 11) is 1.70. The van der Waals surface area contributed by atoms with Gasteiger partial charge in [-0.1, -0.05) is 6.92 Å². The van der Waals surface area contributed by atoms with Crippen LogP contribution in [0.3, 0.4) is 0 Å². The van der Waals surface area contributed by atoms with E-state index in [4.69, 9.17) is 15.2 Å². The maximum absolute atomic E-state index is 12.7. The number of aromatic nitrogens is 4. The van der Waals surface area contributed by atoms with Crippen molar-refractivity contribution in [2.24, 2.45) is 0 Å². The SMILES string of the molecule is CCOCCOCCN(C)C(=O)c1cnc(N2CCN(c3ncc(CC)cn3)CC2)nc1N.